The first-order valence-corrected chi connectivity index (χ1v) is 7.61. The molecule has 2 atom stereocenters. The number of aromatic nitrogens is 3. The Hall–Kier alpha value is -1.28. The molecule has 1 heterocycles. The Balaban J connectivity index is 2.12. The van der Waals surface area contributed by atoms with E-state index >= 15 is 0 Å². The molecule has 0 saturated heterocycles. The van der Waals surface area contributed by atoms with Crippen LogP contribution in [0.2, 0.25) is 0 Å². The fourth-order valence-corrected chi connectivity index (χ4v) is 3.22. The van der Waals surface area contributed by atoms with Crippen LogP contribution in [-0.2, 0) is 0 Å². The van der Waals surface area contributed by atoms with Crippen molar-refractivity contribution in [3.8, 4) is 6.01 Å². The third-order valence-electron chi connectivity index (χ3n) is 3.25. The molecule has 2 rings (SSSR count). The maximum absolute atomic E-state index is 5.34. The van der Waals surface area contributed by atoms with Gasteiger partial charge in [-0.2, -0.15) is 26.7 Å². The molecular formula is C11H20N6OS. The zero-order valence-electron chi connectivity index (χ0n) is 11.2. The lowest BCUT2D eigenvalue weighted by molar-refractivity contribution is 0.379. The molecule has 0 radical (unpaired) electrons. The number of nitrogens with two attached hydrogens (primary N) is 1. The number of ether oxygens (including phenoxy) is 1. The Bertz CT molecular complexity index is 396. The molecule has 2 unspecified atom stereocenters. The Kier molecular flexibility index (Phi) is 5.03. The monoisotopic (exact) mass is 284 g/mol. The third kappa shape index (κ3) is 3.60. The minimum absolute atomic E-state index is 0.252. The second-order valence-corrected chi connectivity index (χ2v) is 5.50. The summed E-state index contributed by atoms with van der Waals surface area (Å²) in [5.74, 6) is 6.14. The van der Waals surface area contributed by atoms with Crippen LogP contribution >= 0.6 is 11.8 Å². The van der Waals surface area contributed by atoms with Crippen molar-refractivity contribution in [2.75, 3.05) is 24.1 Å². The number of hydrogen-bond donors (Lipinski definition) is 3. The van der Waals surface area contributed by atoms with Gasteiger partial charge in [-0.05, 0) is 19.1 Å². The number of anilines is 2. The van der Waals surface area contributed by atoms with Crippen LogP contribution in [0.15, 0.2) is 0 Å². The smallest absolute Gasteiger partial charge is 0.322 e. The van der Waals surface area contributed by atoms with E-state index in [2.05, 4.69) is 32.0 Å². The van der Waals surface area contributed by atoms with E-state index in [4.69, 9.17) is 10.6 Å². The van der Waals surface area contributed by atoms with Crippen LogP contribution in [0.1, 0.15) is 25.7 Å². The van der Waals surface area contributed by atoms with Crippen molar-refractivity contribution in [1.29, 1.82) is 0 Å². The van der Waals surface area contributed by atoms with Crippen LogP contribution in [0.5, 0.6) is 6.01 Å². The first kappa shape index (κ1) is 14.1. The molecule has 1 aliphatic carbocycles. The van der Waals surface area contributed by atoms with Crippen molar-refractivity contribution in [3.05, 3.63) is 0 Å². The molecule has 0 bridgehead atoms. The van der Waals surface area contributed by atoms with Crippen LogP contribution in [0.25, 0.3) is 0 Å². The fraction of sp³-hybridized carbons (Fsp3) is 0.727. The number of hydrazine groups is 1. The summed E-state index contributed by atoms with van der Waals surface area (Å²) in [6, 6.07) is 0.628. The Morgan fingerprint density at radius 1 is 1.21 bits per heavy atom. The highest BCUT2D eigenvalue weighted by atomic mass is 32.2. The number of nitrogen functional groups attached to an aromatic ring is 1. The van der Waals surface area contributed by atoms with Crippen molar-refractivity contribution in [3.63, 3.8) is 0 Å². The molecule has 7 nitrogen and oxygen atoms in total. The summed E-state index contributed by atoms with van der Waals surface area (Å²) in [6.07, 6.45) is 7.03. The molecule has 106 valence electrons. The summed E-state index contributed by atoms with van der Waals surface area (Å²) in [5, 5.41) is 3.96. The fourth-order valence-electron chi connectivity index (χ4n) is 2.29. The van der Waals surface area contributed by atoms with Crippen molar-refractivity contribution < 1.29 is 4.74 Å². The molecule has 1 aromatic heterocycles. The van der Waals surface area contributed by atoms with Gasteiger partial charge < -0.3 is 10.1 Å². The predicted octanol–water partition coefficient (Wildman–Crippen LogP) is 1.25. The highest BCUT2D eigenvalue weighted by Gasteiger charge is 2.25. The average molecular weight is 284 g/mol. The normalized spacial score (nSPS) is 22.9. The topological polar surface area (TPSA) is 98.0 Å². The number of nitrogens with one attached hydrogen (secondary N) is 2. The van der Waals surface area contributed by atoms with Gasteiger partial charge in [0.2, 0.25) is 11.9 Å². The van der Waals surface area contributed by atoms with Gasteiger partial charge in [0, 0.05) is 11.3 Å². The summed E-state index contributed by atoms with van der Waals surface area (Å²) in [4.78, 5) is 12.4. The average Bonchev–Trinajstić information content (AvgIpc) is 2.47. The molecule has 4 N–H and O–H groups in total. The van der Waals surface area contributed by atoms with Crippen LogP contribution in [-0.4, -0.2) is 39.6 Å². The molecule has 0 spiro atoms. The Morgan fingerprint density at radius 2 is 1.95 bits per heavy atom. The minimum atomic E-state index is 0.252. The van der Waals surface area contributed by atoms with Crippen molar-refractivity contribution in [2.45, 2.75) is 37.0 Å². The van der Waals surface area contributed by atoms with E-state index in [1.807, 2.05) is 11.8 Å². The molecule has 1 fully saturated rings. The van der Waals surface area contributed by atoms with Crippen molar-refractivity contribution in [1.82, 2.24) is 15.0 Å². The largest absolute Gasteiger partial charge is 0.467 e. The van der Waals surface area contributed by atoms with E-state index in [9.17, 15) is 0 Å². The quantitative estimate of drug-likeness (QED) is 0.549. The molecule has 1 aliphatic rings. The molecule has 1 aromatic rings. The number of rotatable bonds is 5. The summed E-state index contributed by atoms with van der Waals surface area (Å²) in [7, 11) is 1.52. The van der Waals surface area contributed by atoms with Gasteiger partial charge in [0.05, 0.1) is 7.11 Å². The Labute approximate surface area is 117 Å². The zero-order valence-corrected chi connectivity index (χ0v) is 12.0. The SMILES string of the molecule is COc1nc(NN)nc(NC2CCCCC2SC)n1. The second kappa shape index (κ2) is 6.76. The second-order valence-electron chi connectivity index (χ2n) is 4.42. The lowest BCUT2D eigenvalue weighted by atomic mass is 9.95. The number of hydrogen-bond acceptors (Lipinski definition) is 8. The first-order valence-electron chi connectivity index (χ1n) is 6.33. The van der Waals surface area contributed by atoms with Gasteiger partial charge >= 0.3 is 6.01 Å². The molecule has 8 heteroatoms. The summed E-state index contributed by atoms with van der Waals surface area (Å²) in [5.41, 5.74) is 2.42. The van der Waals surface area contributed by atoms with Gasteiger partial charge in [-0.15, -0.1) is 0 Å². The summed E-state index contributed by atoms with van der Waals surface area (Å²) in [6.45, 7) is 0. The highest BCUT2D eigenvalue weighted by molar-refractivity contribution is 7.99. The van der Waals surface area contributed by atoms with Gasteiger partial charge in [0.15, 0.2) is 0 Å². The standard InChI is InChI=1S/C11H20N6OS/c1-18-11-15-9(14-10(16-11)17-12)13-7-5-3-4-6-8(7)19-2/h7-8H,3-6,12H2,1-2H3,(H2,13,14,15,16,17). The minimum Gasteiger partial charge on any atom is -0.467 e. The van der Waals surface area contributed by atoms with E-state index < -0.39 is 0 Å². The van der Waals surface area contributed by atoms with Gasteiger partial charge in [-0.1, -0.05) is 12.8 Å². The number of methoxy groups -OCH3 is 1. The molecule has 19 heavy (non-hydrogen) atoms. The van der Waals surface area contributed by atoms with Gasteiger partial charge in [-0.3, -0.25) is 5.43 Å². The van der Waals surface area contributed by atoms with E-state index in [1.54, 1.807) is 0 Å². The molecule has 1 saturated carbocycles. The number of thioether (sulfide) groups is 1. The van der Waals surface area contributed by atoms with E-state index in [0.717, 1.165) is 6.42 Å². The summed E-state index contributed by atoms with van der Waals surface area (Å²) >= 11 is 1.89. The zero-order chi connectivity index (χ0) is 13.7. The van der Waals surface area contributed by atoms with Crippen LogP contribution in [0, 0.1) is 0 Å². The van der Waals surface area contributed by atoms with Gasteiger partial charge in [-0.25, -0.2) is 5.84 Å². The van der Waals surface area contributed by atoms with Crippen molar-refractivity contribution in [2.24, 2.45) is 5.84 Å². The maximum atomic E-state index is 5.34. The predicted molar refractivity (Wildman–Crippen MR) is 77.4 cm³/mol. The van der Waals surface area contributed by atoms with E-state index in [-0.39, 0.29) is 6.01 Å². The number of nitrogens with zero attached hydrogens (tertiary/aromatic N) is 3. The van der Waals surface area contributed by atoms with Crippen LogP contribution < -0.4 is 21.3 Å². The summed E-state index contributed by atoms with van der Waals surface area (Å²) < 4.78 is 5.04. The molecular weight excluding hydrogens is 264 g/mol. The lowest BCUT2D eigenvalue weighted by Gasteiger charge is -2.30. The van der Waals surface area contributed by atoms with Gasteiger partial charge in [0.1, 0.15) is 0 Å². The lowest BCUT2D eigenvalue weighted by Crippen LogP contribution is -2.35. The van der Waals surface area contributed by atoms with Gasteiger partial charge in [0.25, 0.3) is 0 Å². The maximum Gasteiger partial charge on any atom is 0.322 e. The molecule has 0 amide bonds. The van der Waals surface area contributed by atoms with Crippen molar-refractivity contribution >= 4 is 23.7 Å². The highest BCUT2D eigenvalue weighted by Crippen LogP contribution is 2.29. The Morgan fingerprint density at radius 3 is 2.63 bits per heavy atom. The molecule has 0 aliphatic heterocycles. The van der Waals surface area contributed by atoms with Crippen LogP contribution in [0.3, 0.4) is 0 Å². The molecule has 0 aromatic carbocycles. The first-order chi connectivity index (χ1) is 9.26. The van der Waals surface area contributed by atoms with E-state index in [1.165, 1.54) is 26.4 Å². The van der Waals surface area contributed by atoms with E-state index in [0.29, 0.717) is 23.2 Å². The van der Waals surface area contributed by atoms with Crippen LogP contribution in [0.4, 0.5) is 11.9 Å². The third-order valence-corrected chi connectivity index (χ3v) is 4.42.